The third kappa shape index (κ3) is 2.18. The van der Waals surface area contributed by atoms with Crippen LogP contribution in [-0.2, 0) is 5.41 Å². The molecule has 0 saturated carbocycles. The Morgan fingerprint density at radius 2 is 1.94 bits per heavy atom. The number of nitrogens with one attached hydrogen (secondary N) is 1. The number of para-hydroxylation sites is 1. The maximum absolute atomic E-state index is 10.0. The van der Waals surface area contributed by atoms with E-state index in [0.717, 1.165) is 22.5 Å². The smallest absolute Gasteiger partial charge is 0.127 e. The van der Waals surface area contributed by atoms with Crippen molar-refractivity contribution in [2.24, 2.45) is 0 Å². The molecule has 1 heterocycles. The maximum Gasteiger partial charge on any atom is 0.127 e. The number of aromatic hydroxyl groups is 1. The number of rotatable bonds is 1. The highest BCUT2D eigenvalue weighted by molar-refractivity contribution is 5.68. The number of aromatic amines is 1. The van der Waals surface area contributed by atoms with Gasteiger partial charge in [-0.3, -0.25) is 5.10 Å². The summed E-state index contributed by atoms with van der Waals surface area (Å²) in [5, 5.41) is 17.3. The standard InChI is InChI=1S/C14H18N2O/c1-9-6-5-7-10(13(9)17)11-8-12(16-15-11)14(2,3)4/h5-8,17H,1-4H3,(H,15,16). The summed E-state index contributed by atoms with van der Waals surface area (Å²) < 4.78 is 0. The summed E-state index contributed by atoms with van der Waals surface area (Å²) in [6.45, 7) is 8.26. The van der Waals surface area contributed by atoms with Gasteiger partial charge in [0.15, 0.2) is 0 Å². The molecule has 2 N–H and O–H groups in total. The molecule has 1 aromatic carbocycles. The molecule has 2 aromatic rings. The Morgan fingerprint density at radius 3 is 2.53 bits per heavy atom. The summed E-state index contributed by atoms with van der Waals surface area (Å²) >= 11 is 0. The first-order valence-corrected chi connectivity index (χ1v) is 5.74. The highest BCUT2D eigenvalue weighted by Crippen LogP contribution is 2.32. The summed E-state index contributed by atoms with van der Waals surface area (Å²) in [6.07, 6.45) is 0. The van der Waals surface area contributed by atoms with Crippen LogP contribution in [0.2, 0.25) is 0 Å². The molecular formula is C14H18N2O. The van der Waals surface area contributed by atoms with E-state index in [0.29, 0.717) is 5.75 Å². The van der Waals surface area contributed by atoms with Crippen LogP contribution in [0.4, 0.5) is 0 Å². The minimum Gasteiger partial charge on any atom is -0.507 e. The quantitative estimate of drug-likeness (QED) is 0.789. The maximum atomic E-state index is 10.0. The molecule has 3 nitrogen and oxygen atoms in total. The van der Waals surface area contributed by atoms with Gasteiger partial charge in [0.1, 0.15) is 5.75 Å². The minimum atomic E-state index is 0.0324. The lowest BCUT2D eigenvalue weighted by molar-refractivity contribution is 0.473. The molecule has 0 saturated heterocycles. The number of hydrogen-bond acceptors (Lipinski definition) is 2. The van der Waals surface area contributed by atoms with Crippen LogP contribution in [0.1, 0.15) is 32.0 Å². The van der Waals surface area contributed by atoms with Crippen molar-refractivity contribution in [3.8, 4) is 17.0 Å². The molecule has 0 radical (unpaired) electrons. The highest BCUT2D eigenvalue weighted by atomic mass is 16.3. The fourth-order valence-corrected chi connectivity index (χ4v) is 1.71. The second kappa shape index (κ2) is 3.91. The molecule has 17 heavy (non-hydrogen) atoms. The number of benzene rings is 1. The Morgan fingerprint density at radius 1 is 1.24 bits per heavy atom. The monoisotopic (exact) mass is 230 g/mol. The van der Waals surface area contributed by atoms with Crippen molar-refractivity contribution >= 4 is 0 Å². The van der Waals surface area contributed by atoms with E-state index < -0.39 is 0 Å². The third-order valence-corrected chi connectivity index (χ3v) is 2.90. The third-order valence-electron chi connectivity index (χ3n) is 2.90. The van der Waals surface area contributed by atoms with E-state index >= 15 is 0 Å². The Balaban J connectivity index is 2.48. The topological polar surface area (TPSA) is 48.9 Å². The zero-order valence-electron chi connectivity index (χ0n) is 10.7. The number of phenols is 1. The van der Waals surface area contributed by atoms with Gasteiger partial charge in [-0.05, 0) is 24.6 Å². The lowest BCUT2D eigenvalue weighted by Gasteiger charge is -2.14. The Kier molecular flexibility index (Phi) is 2.69. The molecule has 1 aromatic heterocycles. The van der Waals surface area contributed by atoms with E-state index in [1.807, 2.05) is 31.2 Å². The molecule has 3 heteroatoms. The molecule has 0 amide bonds. The second-order valence-electron chi connectivity index (χ2n) is 5.39. The number of nitrogens with zero attached hydrogens (tertiary/aromatic N) is 1. The van der Waals surface area contributed by atoms with Crippen molar-refractivity contribution in [3.63, 3.8) is 0 Å². The van der Waals surface area contributed by atoms with Gasteiger partial charge in [0, 0.05) is 16.7 Å². The SMILES string of the molecule is Cc1cccc(-c2cc(C(C)(C)C)[nH]n2)c1O. The first-order chi connectivity index (χ1) is 7.89. The van der Waals surface area contributed by atoms with Crippen LogP contribution in [-0.4, -0.2) is 15.3 Å². The van der Waals surface area contributed by atoms with E-state index in [1.54, 1.807) is 0 Å². The summed E-state index contributed by atoms with van der Waals surface area (Å²) in [4.78, 5) is 0. The summed E-state index contributed by atoms with van der Waals surface area (Å²) in [6, 6.07) is 7.69. The number of aromatic nitrogens is 2. The van der Waals surface area contributed by atoms with Gasteiger partial charge in [0.25, 0.3) is 0 Å². The summed E-state index contributed by atoms with van der Waals surface area (Å²) in [7, 11) is 0. The van der Waals surface area contributed by atoms with E-state index in [1.165, 1.54) is 0 Å². The average molecular weight is 230 g/mol. The molecule has 0 aliphatic heterocycles. The minimum absolute atomic E-state index is 0.0324. The van der Waals surface area contributed by atoms with Crippen LogP contribution < -0.4 is 0 Å². The van der Waals surface area contributed by atoms with Crippen molar-refractivity contribution in [2.45, 2.75) is 33.1 Å². The van der Waals surface area contributed by atoms with Crippen molar-refractivity contribution in [2.75, 3.05) is 0 Å². The first-order valence-electron chi connectivity index (χ1n) is 5.74. The second-order valence-corrected chi connectivity index (χ2v) is 5.39. The van der Waals surface area contributed by atoms with Crippen molar-refractivity contribution in [1.29, 1.82) is 0 Å². The van der Waals surface area contributed by atoms with Crippen LogP contribution in [0.5, 0.6) is 5.75 Å². The number of H-pyrrole nitrogens is 1. The molecule has 0 fully saturated rings. The molecule has 90 valence electrons. The Labute approximate surface area is 102 Å². The van der Waals surface area contributed by atoms with Crippen molar-refractivity contribution in [3.05, 3.63) is 35.5 Å². The van der Waals surface area contributed by atoms with Gasteiger partial charge in [0.2, 0.25) is 0 Å². The van der Waals surface area contributed by atoms with Crippen LogP contribution in [0, 0.1) is 6.92 Å². The van der Waals surface area contributed by atoms with Gasteiger partial charge < -0.3 is 5.11 Å². The van der Waals surface area contributed by atoms with Crippen LogP contribution >= 0.6 is 0 Å². The molecule has 0 spiro atoms. The van der Waals surface area contributed by atoms with Gasteiger partial charge in [-0.25, -0.2) is 0 Å². The molecule has 0 aliphatic rings. The van der Waals surface area contributed by atoms with E-state index in [-0.39, 0.29) is 5.41 Å². The molecule has 0 aliphatic carbocycles. The summed E-state index contributed by atoms with van der Waals surface area (Å²) in [5.41, 5.74) is 3.52. The van der Waals surface area contributed by atoms with Gasteiger partial charge in [-0.1, -0.05) is 32.9 Å². The number of hydrogen-bond donors (Lipinski definition) is 2. The Bertz CT molecular complexity index is 535. The molecule has 0 atom stereocenters. The van der Waals surface area contributed by atoms with Gasteiger partial charge in [-0.15, -0.1) is 0 Å². The van der Waals surface area contributed by atoms with Gasteiger partial charge in [0.05, 0.1) is 5.69 Å². The Hall–Kier alpha value is -1.77. The fraction of sp³-hybridized carbons (Fsp3) is 0.357. The van der Waals surface area contributed by atoms with E-state index in [4.69, 9.17) is 0 Å². The van der Waals surface area contributed by atoms with Gasteiger partial charge >= 0.3 is 0 Å². The first kappa shape index (κ1) is 11.7. The normalized spacial score (nSPS) is 11.8. The molecule has 0 bridgehead atoms. The molecule has 2 rings (SSSR count). The van der Waals surface area contributed by atoms with Crippen molar-refractivity contribution < 1.29 is 5.11 Å². The highest BCUT2D eigenvalue weighted by Gasteiger charge is 2.18. The lowest BCUT2D eigenvalue weighted by atomic mass is 9.92. The lowest BCUT2D eigenvalue weighted by Crippen LogP contribution is -2.11. The molecule has 0 unspecified atom stereocenters. The van der Waals surface area contributed by atoms with Crippen LogP contribution in [0.15, 0.2) is 24.3 Å². The van der Waals surface area contributed by atoms with Crippen LogP contribution in [0.3, 0.4) is 0 Å². The fourth-order valence-electron chi connectivity index (χ4n) is 1.71. The average Bonchev–Trinajstić information content (AvgIpc) is 2.70. The van der Waals surface area contributed by atoms with Crippen molar-refractivity contribution in [1.82, 2.24) is 10.2 Å². The van der Waals surface area contributed by atoms with E-state index in [9.17, 15) is 5.11 Å². The predicted molar refractivity (Wildman–Crippen MR) is 69.1 cm³/mol. The zero-order chi connectivity index (χ0) is 12.6. The number of aryl methyl sites for hydroxylation is 1. The largest absolute Gasteiger partial charge is 0.507 e. The summed E-state index contributed by atoms with van der Waals surface area (Å²) in [5.74, 6) is 0.305. The predicted octanol–water partition coefficient (Wildman–Crippen LogP) is 3.39. The molecular weight excluding hydrogens is 212 g/mol. The van der Waals surface area contributed by atoms with Gasteiger partial charge in [-0.2, -0.15) is 5.10 Å². The van der Waals surface area contributed by atoms with Crippen LogP contribution in [0.25, 0.3) is 11.3 Å². The zero-order valence-corrected chi connectivity index (χ0v) is 10.7. The van der Waals surface area contributed by atoms with E-state index in [2.05, 4.69) is 31.0 Å². The number of phenolic OH excluding ortho intramolecular Hbond substituents is 1.